The van der Waals surface area contributed by atoms with E-state index in [1.54, 1.807) is 0 Å². The van der Waals surface area contributed by atoms with E-state index in [2.05, 4.69) is 25.7 Å². The molecule has 0 unspecified atom stereocenters. The van der Waals surface area contributed by atoms with Gasteiger partial charge in [0.05, 0.1) is 6.20 Å². The van der Waals surface area contributed by atoms with Crippen molar-refractivity contribution in [3.8, 4) is 6.07 Å². The lowest BCUT2D eigenvalue weighted by molar-refractivity contribution is -0.136. The zero-order chi connectivity index (χ0) is 15.1. The van der Waals surface area contributed by atoms with Gasteiger partial charge in [0.15, 0.2) is 0 Å². The maximum absolute atomic E-state index is 11.7. The van der Waals surface area contributed by atoms with E-state index in [9.17, 15) is 9.59 Å². The first-order chi connectivity index (χ1) is 10.2. The number of hydrogen-bond donors (Lipinski definition) is 3. The predicted octanol–water partition coefficient (Wildman–Crippen LogP) is -0.178. The highest BCUT2D eigenvalue weighted by molar-refractivity contribution is 6.39. The van der Waals surface area contributed by atoms with Gasteiger partial charge in [0.1, 0.15) is 17.5 Å². The van der Waals surface area contributed by atoms with Gasteiger partial charge >= 0.3 is 11.8 Å². The highest BCUT2D eigenvalue weighted by atomic mass is 16.2. The van der Waals surface area contributed by atoms with Crippen LogP contribution in [0.4, 0.5) is 5.82 Å². The van der Waals surface area contributed by atoms with Gasteiger partial charge < -0.3 is 15.5 Å². The van der Waals surface area contributed by atoms with E-state index in [0.29, 0.717) is 6.54 Å². The van der Waals surface area contributed by atoms with Crippen molar-refractivity contribution in [2.45, 2.75) is 19.3 Å². The Morgan fingerprint density at radius 2 is 2.10 bits per heavy atom. The standard InChI is InChI=1S/C13H18N6O2/c14-8-10-9-16-18-11(10)17-13(21)12(20)15-4-7-19-5-2-1-3-6-19/h9H,1-7H2,(H,15,20)(H2,16,17,18,21). The highest BCUT2D eigenvalue weighted by Crippen LogP contribution is 2.08. The number of nitrogens with zero attached hydrogens (tertiary/aromatic N) is 3. The average molecular weight is 290 g/mol. The van der Waals surface area contributed by atoms with E-state index in [-0.39, 0.29) is 11.4 Å². The van der Waals surface area contributed by atoms with E-state index in [0.717, 1.165) is 19.6 Å². The van der Waals surface area contributed by atoms with Crippen molar-refractivity contribution in [3.05, 3.63) is 11.8 Å². The summed E-state index contributed by atoms with van der Waals surface area (Å²) >= 11 is 0. The Morgan fingerprint density at radius 3 is 2.81 bits per heavy atom. The van der Waals surface area contributed by atoms with Gasteiger partial charge in [-0.25, -0.2) is 0 Å². The molecule has 1 fully saturated rings. The monoisotopic (exact) mass is 290 g/mol. The van der Waals surface area contributed by atoms with Gasteiger partial charge in [-0.05, 0) is 25.9 Å². The van der Waals surface area contributed by atoms with E-state index in [4.69, 9.17) is 5.26 Å². The number of amides is 2. The second kappa shape index (κ2) is 7.40. The molecule has 21 heavy (non-hydrogen) atoms. The number of piperidine rings is 1. The second-order valence-corrected chi connectivity index (χ2v) is 4.88. The van der Waals surface area contributed by atoms with Crippen LogP contribution in [0.1, 0.15) is 24.8 Å². The molecule has 8 nitrogen and oxygen atoms in total. The van der Waals surface area contributed by atoms with Gasteiger partial charge in [0, 0.05) is 13.1 Å². The van der Waals surface area contributed by atoms with Crippen LogP contribution >= 0.6 is 0 Å². The maximum atomic E-state index is 11.7. The molecule has 2 heterocycles. The summed E-state index contributed by atoms with van der Waals surface area (Å²) in [5.74, 6) is -1.39. The molecule has 0 aliphatic carbocycles. The fraction of sp³-hybridized carbons (Fsp3) is 0.538. The van der Waals surface area contributed by atoms with E-state index in [1.165, 1.54) is 25.5 Å². The Bertz CT molecular complexity index is 541. The summed E-state index contributed by atoms with van der Waals surface area (Å²) in [7, 11) is 0. The number of aromatic amines is 1. The Labute approximate surface area is 122 Å². The van der Waals surface area contributed by atoms with Crippen LogP contribution < -0.4 is 10.6 Å². The summed E-state index contributed by atoms with van der Waals surface area (Å²) in [4.78, 5) is 25.6. The molecule has 3 N–H and O–H groups in total. The lowest BCUT2D eigenvalue weighted by atomic mass is 10.1. The van der Waals surface area contributed by atoms with E-state index >= 15 is 0 Å². The number of carbonyl (C=O) groups is 2. The summed E-state index contributed by atoms with van der Waals surface area (Å²) in [5, 5.41) is 19.8. The number of nitriles is 1. The first-order valence-corrected chi connectivity index (χ1v) is 6.95. The van der Waals surface area contributed by atoms with Crippen LogP contribution in [0, 0.1) is 11.3 Å². The van der Waals surface area contributed by atoms with Crippen molar-refractivity contribution in [1.29, 1.82) is 5.26 Å². The molecule has 1 aromatic heterocycles. The van der Waals surface area contributed by atoms with Gasteiger partial charge in [-0.2, -0.15) is 10.4 Å². The van der Waals surface area contributed by atoms with Crippen LogP contribution in [0.2, 0.25) is 0 Å². The second-order valence-electron chi connectivity index (χ2n) is 4.88. The normalized spacial score (nSPS) is 15.2. The highest BCUT2D eigenvalue weighted by Gasteiger charge is 2.17. The van der Waals surface area contributed by atoms with E-state index < -0.39 is 11.8 Å². The summed E-state index contributed by atoms with van der Waals surface area (Å²) in [5.41, 5.74) is 0.185. The Hall–Kier alpha value is -2.40. The first-order valence-electron chi connectivity index (χ1n) is 6.95. The Morgan fingerprint density at radius 1 is 1.33 bits per heavy atom. The van der Waals surface area contributed by atoms with Crippen LogP contribution in [0.5, 0.6) is 0 Å². The number of H-pyrrole nitrogens is 1. The van der Waals surface area contributed by atoms with Crippen LogP contribution in [-0.4, -0.2) is 53.1 Å². The molecule has 0 bridgehead atoms. The van der Waals surface area contributed by atoms with Crippen LogP contribution in [0.3, 0.4) is 0 Å². The molecule has 0 radical (unpaired) electrons. The molecular weight excluding hydrogens is 272 g/mol. The van der Waals surface area contributed by atoms with Crippen molar-refractivity contribution >= 4 is 17.6 Å². The predicted molar refractivity (Wildman–Crippen MR) is 75.2 cm³/mol. The minimum Gasteiger partial charge on any atom is -0.347 e. The molecule has 1 saturated heterocycles. The topological polar surface area (TPSA) is 114 Å². The minimum atomic E-state index is -0.811. The van der Waals surface area contributed by atoms with Crippen molar-refractivity contribution in [2.75, 3.05) is 31.5 Å². The average Bonchev–Trinajstić information content (AvgIpc) is 2.95. The Balaban J connectivity index is 1.72. The quantitative estimate of drug-likeness (QED) is 0.666. The molecule has 2 rings (SSSR count). The number of nitrogens with one attached hydrogen (secondary N) is 3. The van der Waals surface area contributed by atoms with Gasteiger partial charge in [0.25, 0.3) is 0 Å². The smallest absolute Gasteiger partial charge is 0.314 e. The zero-order valence-corrected chi connectivity index (χ0v) is 11.7. The summed E-state index contributed by atoms with van der Waals surface area (Å²) in [6, 6.07) is 1.86. The summed E-state index contributed by atoms with van der Waals surface area (Å²) < 4.78 is 0. The van der Waals surface area contributed by atoms with Crippen molar-refractivity contribution in [1.82, 2.24) is 20.4 Å². The van der Waals surface area contributed by atoms with Crippen molar-refractivity contribution in [3.63, 3.8) is 0 Å². The molecule has 112 valence electrons. The number of carbonyl (C=O) groups excluding carboxylic acids is 2. The lowest BCUT2D eigenvalue weighted by Gasteiger charge is -2.26. The van der Waals surface area contributed by atoms with Gasteiger partial charge in [-0.1, -0.05) is 6.42 Å². The third-order valence-corrected chi connectivity index (χ3v) is 3.37. The SMILES string of the molecule is N#Cc1cn[nH]c1NC(=O)C(=O)NCCN1CCCCC1. The molecule has 1 aliphatic rings. The van der Waals surface area contributed by atoms with Gasteiger partial charge in [-0.15, -0.1) is 0 Å². The van der Waals surface area contributed by atoms with Crippen molar-refractivity contribution < 1.29 is 9.59 Å². The minimum absolute atomic E-state index is 0.133. The number of aromatic nitrogens is 2. The molecular formula is C13H18N6O2. The number of rotatable bonds is 4. The molecule has 2 amide bonds. The molecule has 1 aliphatic heterocycles. The summed E-state index contributed by atoms with van der Waals surface area (Å²) in [6.07, 6.45) is 4.91. The fourth-order valence-electron chi connectivity index (χ4n) is 2.23. The van der Waals surface area contributed by atoms with Crippen LogP contribution in [0.25, 0.3) is 0 Å². The van der Waals surface area contributed by atoms with E-state index in [1.807, 2.05) is 6.07 Å². The lowest BCUT2D eigenvalue weighted by Crippen LogP contribution is -2.41. The zero-order valence-electron chi connectivity index (χ0n) is 11.7. The third-order valence-electron chi connectivity index (χ3n) is 3.37. The molecule has 0 aromatic carbocycles. The largest absolute Gasteiger partial charge is 0.347 e. The molecule has 0 saturated carbocycles. The number of hydrogen-bond acceptors (Lipinski definition) is 5. The third kappa shape index (κ3) is 4.29. The van der Waals surface area contributed by atoms with Gasteiger partial charge in [-0.3, -0.25) is 14.7 Å². The number of anilines is 1. The van der Waals surface area contributed by atoms with Crippen molar-refractivity contribution in [2.24, 2.45) is 0 Å². The fourth-order valence-corrected chi connectivity index (χ4v) is 2.23. The molecule has 0 atom stereocenters. The van der Waals surface area contributed by atoms with Crippen LogP contribution in [-0.2, 0) is 9.59 Å². The summed E-state index contributed by atoms with van der Waals surface area (Å²) in [6.45, 7) is 3.26. The van der Waals surface area contributed by atoms with Gasteiger partial charge in [0.2, 0.25) is 0 Å². The molecule has 8 heteroatoms. The maximum Gasteiger partial charge on any atom is 0.314 e. The number of likely N-dealkylation sites (tertiary alicyclic amines) is 1. The van der Waals surface area contributed by atoms with Crippen LogP contribution in [0.15, 0.2) is 6.20 Å². The Kier molecular flexibility index (Phi) is 5.29. The first kappa shape index (κ1) is 15.0. The molecule has 1 aromatic rings. The molecule has 0 spiro atoms.